The smallest absolute Gasteiger partial charge is 0.234 e. The van der Waals surface area contributed by atoms with Gasteiger partial charge in [0.2, 0.25) is 11.8 Å². The lowest BCUT2D eigenvalue weighted by Gasteiger charge is -2.28. The van der Waals surface area contributed by atoms with Gasteiger partial charge in [-0.3, -0.25) is 14.5 Å². The second-order valence-electron chi connectivity index (χ2n) is 6.94. The van der Waals surface area contributed by atoms with Gasteiger partial charge in [0.05, 0.1) is 13.2 Å². The molecule has 6 heteroatoms. The van der Waals surface area contributed by atoms with E-state index in [4.69, 9.17) is 4.74 Å². The molecule has 136 valence electrons. The molecular formula is C19H27N3O3. The fourth-order valence-electron chi connectivity index (χ4n) is 3.61. The maximum absolute atomic E-state index is 12.2. The predicted octanol–water partition coefficient (Wildman–Crippen LogP) is 0.656. The highest BCUT2D eigenvalue weighted by atomic mass is 16.5. The zero-order valence-corrected chi connectivity index (χ0v) is 14.9. The number of amides is 2. The quantitative estimate of drug-likeness (QED) is 0.788. The molecule has 1 aromatic carbocycles. The topological polar surface area (TPSA) is 61.9 Å². The lowest BCUT2D eigenvalue weighted by Crippen LogP contribution is -2.41. The molecule has 2 heterocycles. The molecule has 2 aliphatic rings. The van der Waals surface area contributed by atoms with Crippen LogP contribution in [0.1, 0.15) is 17.5 Å². The normalized spacial score (nSPS) is 20.6. The molecule has 6 nitrogen and oxygen atoms in total. The van der Waals surface area contributed by atoms with E-state index in [0.29, 0.717) is 39.2 Å². The van der Waals surface area contributed by atoms with Crippen LogP contribution in [0.4, 0.5) is 0 Å². The van der Waals surface area contributed by atoms with E-state index in [9.17, 15) is 9.59 Å². The van der Waals surface area contributed by atoms with Gasteiger partial charge in [0, 0.05) is 52.2 Å². The monoisotopic (exact) mass is 345 g/mol. The highest BCUT2D eigenvalue weighted by Gasteiger charge is 2.29. The summed E-state index contributed by atoms with van der Waals surface area (Å²) in [7, 11) is 1.64. The highest BCUT2D eigenvalue weighted by Crippen LogP contribution is 2.18. The summed E-state index contributed by atoms with van der Waals surface area (Å²) in [6, 6.07) is 8.42. The molecule has 1 saturated heterocycles. The molecule has 25 heavy (non-hydrogen) atoms. The first-order valence-corrected chi connectivity index (χ1v) is 8.98. The number of carbonyl (C=O) groups excluding carboxylic acids is 2. The van der Waals surface area contributed by atoms with Gasteiger partial charge in [-0.1, -0.05) is 24.3 Å². The van der Waals surface area contributed by atoms with E-state index in [1.165, 1.54) is 11.1 Å². The van der Waals surface area contributed by atoms with E-state index in [2.05, 4.69) is 34.5 Å². The van der Waals surface area contributed by atoms with Gasteiger partial charge in [0.1, 0.15) is 0 Å². The van der Waals surface area contributed by atoms with Crippen molar-refractivity contribution in [1.29, 1.82) is 0 Å². The summed E-state index contributed by atoms with van der Waals surface area (Å²) in [6.45, 7) is 4.63. The Balaban J connectivity index is 1.40. The van der Waals surface area contributed by atoms with Crippen molar-refractivity contribution in [3.8, 4) is 0 Å². The van der Waals surface area contributed by atoms with Crippen LogP contribution in [0, 0.1) is 5.92 Å². The highest BCUT2D eigenvalue weighted by molar-refractivity contribution is 5.80. The van der Waals surface area contributed by atoms with Crippen molar-refractivity contribution in [3.05, 3.63) is 35.4 Å². The van der Waals surface area contributed by atoms with Crippen LogP contribution in [0.15, 0.2) is 24.3 Å². The first-order valence-electron chi connectivity index (χ1n) is 8.98. The molecule has 1 fully saturated rings. The number of hydrogen-bond donors (Lipinski definition) is 1. The van der Waals surface area contributed by atoms with Crippen molar-refractivity contribution in [2.24, 2.45) is 5.92 Å². The Bertz CT molecular complexity index is 620. The van der Waals surface area contributed by atoms with Crippen LogP contribution in [0.5, 0.6) is 0 Å². The van der Waals surface area contributed by atoms with Crippen LogP contribution in [0.2, 0.25) is 0 Å². The third-order valence-electron chi connectivity index (χ3n) is 5.02. The molecule has 1 atom stereocenters. The summed E-state index contributed by atoms with van der Waals surface area (Å²) in [6.07, 6.45) is 1.51. The first-order chi connectivity index (χ1) is 12.2. The fourth-order valence-corrected chi connectivity index (χ4v) is 3.61. The number of benzene rings is 1. The summed E-state index contributed by atoms with van der Waals surface area (Å²) in [5.41, 5.74) is 2.71. The zero-order valence-electron chi connectivity index (χ0n) is 14.9. The fraction of sp³-hybridized carbons (Fsp3) is 0.579. The lowest BCUT2D eigenvalue weighted by atomic mass is 10.00. The standard InChI is InChI=1S/C19H27N3O3/c1-25-9-8-22-12-15(10-19(22)24)11-20-18(23)14-21-7-6-16-4-2-3-5-17(16)13-21/h2-5,15H,6-14H2,1H3,(H,20,23)/t15-/m0/s1. The van der Waals surface area contributed by atoms with Crippen LogP contribution in [-0.4, -0.2) is 68.1 Å². The number of rotatable bonds is 7. The third-order valence-corrected chi connectivity index (χ3v) is 5.02. The van der Waals surface area contributed by atoms with Crippen molar-refractivity contribution >= 4 is 11.8 Å². The van der Waals surface area contributed by atoms with Gasteiger partial charge in [-0.15, -0.1) is 0 Å². The van der Waals surface area contributed by atoms with E-state index >= 15 is 0 Å². The molecule has 0 saturated carbocycles. The molecular weight excluding hydrogens is 318 g/mol. The Morgan fingerprint density at radius 2 is 2.12 bits per heavy atom. The largest absolute Gasteiger partial charge is 0.383 e. The number of nitrogens with zero attached hydrogens (tertiary/aromatic N) is 2. The minimum Gasteiger partial charge on any atom is -0.383 e. The summed E-state index contributed by atoms with van der Waals surface area (Å²) in [4.78, 5) is 28.2. The van der Waals surface area contributed by atoms with E-state index in [1.807, 2.05) is 4.90 Å². The molecule has 0 spiro atoms. The van der Waals surface area contributed by atoms with Crippen molar-refractivity contribution in [3.63, 3.8) is 0 Å². The maximum atomic E-state index is 12.2. The minimum atomic E-state index is 0.0437. The Morgan fingerprint density at radius 3 is 2.92 bits per heavy atom. The Kier molecular flexibility index (Phi) is 6.04. The summed E-state index contributed by atoms with van der Waals surface area (Å²) >= 11 is 0. The first kappa shape index (κ1) is 17.9. The zero-order chi connectivity index (χ0) is 17.6. The molecule has 0 aromatic heterocycles. The predicted molar refractivity (Wildman–Crippen MR) is 95.0 cm³/mol. The number of carbonyl (C=O) groups is 2. The Morgan fingerprint density at radius 1 is 1.32 bits per heavy atom. The van der Waals surface area contributed by atoms with Crippen LogP contribution in [0.25, 0.3) is 0 Å². The van der Waals surface area contributed by atoms with E-state index in [-0.39, 0.29) is 17.7 Å². The summed E-state index contributed by atoms with van der Waals surface area (Å²) in [5.74, 6) is 0.404. The van der Waals surface area contributed by atoms with Crippen LogP contribution in [-0.2, 0) is 27.3 Å². The molecule has 0 aliphatic carbocycles. The third kappa shape index (κ3) is 4.80. The van der Waals surface area contributed by atoms with Gasteiger partial charge in [-0.2, -0.15) is 0 Å². The second kappa shape index (κ2) is 8.45. The molecule has 3 rings (SSSR count). The number of likely N-dealkylation sites (tertiary alicyclic amines) is 1. The van der Waals surface area contributed by atoms with E-state index in [1.54, 1.807) is 7.11 Å². The van der Waals surface area contributed by atoms with Crippen molar-refractivity contribution < 1.29 is 14.3 Å². The Hall–Kier alpha value is -1.92. The van der Waals surface area contributed by atoms with Crippen LogP contribution in [0.3, 0.4) is 0 Å². The van der Waals surface area contributed by atoms with Gasteiger partial charge in [-0.05, 0) is 17.5 Å². The lowest BCUT2D eigenvalue weighted by molar-refractivity contribution is -0.128. The maximum Gasteiger partial charge on any atom is 0.234 e. The second-order valence-corrected chi connectivity index (χ2v) is 6.94. The average Bonchev–Trinajstić information content (AvgIpc) is 2.98. The van der Waals surface area contributed by atoms with Crippen LogP contribution >= 0.6 is 0 Å². The van der Waals surface area contributed by atoms with E-state index < -0.39 is 0 Å². The number of hydrogen-bond acceptors (Lipinski definition) is 4. The SMILES string of the molecule is COCCN1C[C@H](CNC(=O)CN2CCc3ccccc3C2)CC1=O. The number of fused-ring (bicyclic) bond motifs is 1. The van der Waals surface area contributed by atoms with Gasteiger partial charge in [-0.25, -0.2) is 0 Å². The molecule has 2 amide bonds. The number of nitrogens with one attached hydrogen (secondary N) is 1. The molecule has 1 aromatic rings. The summed E-state index contributed by atoms with van der Waals surface area (Å²) < 4.78 is 5.03. The molecule has 0 unspecified atom stereocenters. The van der Waals surface area contributed by atoms with Crippen molar-refractivity contribution in [2.75, 3.05) is 46.4 Å². The molecule has 1 N–H and O–H groups in total. The van der Waals surface area contributed by atoms with Crippen molar-refractivity contribution in [1.82, 2.24) is 15.1 Å². The van der Waals surface area contributed by atoms with Gasteiger partial charge < -0.3 is 15.0 Å². The van der Waals surface area contributed by atoms with Gasteiger partial charge >= 0.3 is 0 Å². The number of methoxy groups -OCH3 is 1. The number of ether oxygens (including phenoxy) is 1. The minimum absolute atomic E-state index is 0.0437. The van der Waals surface area contributed by atoms with Gasteiger partial charge in [0.15, 0.2) is 0 Å². The molecule has 0 radical (unpaired) electrons. The van der Waals surface area contributed by atoms with Gasteiger partial charge in [0.25, 0.3) is 0 Å². The Labute approximate surface area is 149 Å². The summed E-state index contributed by atoms with van der Waals surface area (Å²) in [5, 5.41) is 3.00. The van der Waals surface area contributed by atoms with E-state index in [0.717, 1.165) is 19.5 Å². The van der Waals surface area contributed by atoms with Crippen molar-refractivity contribution in [2.45, 2.75) is 19.4 Å². The average molecular weight is 345 g/mol. The molecule has 2 aliphatic heterocycles. The van der Waals surface area contributed by atoms with Crippen LogP contribution < -0.4 is 5.32 Å². The molecule has 0 bridgehead atoms.